The van der Waals surface area contributed by atoms with Crippen LogP contribution in [-0.4, -0.2) is 43.7 Å². The third-order valence-corrected chi connectivity index (χ3v) is 31.0. The van der Waals surface area contributed by atoms with E-state index < -0.39 is 26.7 Å². The fourth-order valence-corrected chi connectivity index (χ4v) is 25.2. The number of hydrogen-bond acceptors (Lipinski definition) is 3. The van der Waals surface area contributed by atoms with Crippen LogP contribution in [0.5, 0.6) is 0 Å². The molecule has 0 saturated heterocycles. The molecule has 0 N–H and O–H groups in total. The normalized spacial score (nSPS) is 14.8. The SMILES string of the molecule is CCC[CH2][Sn]([CH2]CCC)([CH2]CCC)/[C](C)=C\[C@H](O[Si](CC)(CC)CC)[C@H](/C=C(\C)CCC=C(C)C)C(=O)SCC. The summed E-state index contributed by atoms with van der Waals surface area (Å²) in [6, 6.07) is 3.35. The van der Waals surface area contributed by atoms with E-state index in [1.54, 1.807) is 3.59 Å². The van der Waals surface area contributed by atoms with E-state index in [9.17, 15) is 4.79 Å². The maximum atomic E-state index is 13.8. The summed E-state index contributed by atoms with van der Waals surface area (Å²) in [5, 5.41) is 0.292. The average Bonchev–Trinajstić information content (AvgIpc) is 2.93. The Morgan fingerprint density at radius 2 is 1.30 bits per heavy atom. The Labute approximate surface area is 261 Å². The first-order chi connectivity index (χ1) is 19.0. The molecule has 5 heteroatoms. The molecule has 0 saturated carbocycles. The number of thioether (sulfide) groups is 1. The van der Waals surface area contributed by atoms with E-state index in [0.717, 1.165) is 36.7 Å². The summed E-state index contributed by atoms with van der Waals surface area (Å²) in [6.07, 6.45) is 17.0. The van der Waals surface area contributed by atoms with Gasteiger partial charge in [0.2, 0.25) is 0 Å². The van der Waals surface area contributed by atoms with E-state index in [0.29, 0.717) is 5.12 Å². The van der Waals surface area contributed by atoms with Gasteiger partial charge >= 0.3 is 263 Å². The molecule has 0 amide bonds. The van der Waals surface area contributed by atoms with E-state index in [1.807, 2.05) is 0 Å². The molecule has 0 spiro atoms. The summed E-state index contributed by atoms with van der Waals surface area (Å²) in [4.78, 5) is 13.8. The van der Waals surface area contributed by atoms with Gasteiger partial charge in [-0.25, -0.2) is 0 Å². The minimum atomic E-state index is -2.61. The van der Waals surface area contributed by atoms with Crippen LogP contribution in [-0.2, 0) is 9.22 Å². The third kappa shape index (κ3) is 14.6. The molecule has 0 aromatic rings. The van der Waals surface area contributed by atoms with Gasteiger partial charge in [-0.2, -0.15) is 0 Å². The maximum absolute atomic E-state index is 13.8. The topological polar surface area (TPSA) is 26.3 Å². The molecule has 234 valence electrons. The number of unbranched alkanes of at least 4 members (excludes halogenated alkanes) is 3. The van der Waals surface area contributed by atoms with Crippen LogP contribution in [0, 0.1) is 5.92 Å². The summed E-state index contributed by atoms with van der Waals surface area (Å²) < 4.78 is 13.4. The Bertz CT molecular complexity index is 750. The molecule has 0 unspecified atom stereocenters. The van der Waals surface area contributed by atoms with Gasteiger partial charge in [-0.05, 0) is 0 Å². The summed E-state index contributed by atoms with van der Waals surface area (Å²) in [5.74, 6) is 0.621. The van der Waals surface area contributed by atoms with Crippen molar-refractivity contribution in [2.24, 2.45) is 5.92 Å². The predicted molar refractivity (Wildman–Crippen MR) is 190 cm³/mol. The first-order valence-corrected chi connectivity index (χ1v) is 27.9. The van der Waals surface area contributed by atoms with E-state index in [4.69, 9.17) is 4.43 Å². The standard InChI is InChI=1S/C23H41O2SSi.3C4H9.Sn/c1-9-15-22(25-27(11-3,12-4)13-5)21(23(24)26-10-2)18-20(8)17-14-16-19(6)7;3*1-3-4-2;/h15-16,18,21-22H,10-14,17H2,1-8H3;3*1,3-4H2,2H3;/b15-9?,20-18+;;;;/t21-,22-;;;;/m0..../s1. The van der Waals surface area contributed by atoms with Crippen molar-refractivity contribution in [3.05, 3.63) is 33.0 Å². The number of carbonyl (C=O) groups is 1. The van der Waals surface area contributed by atoms with Crippen molar-refractivity contribution in [2.45, 2.75) is 165 Å². The molecule has 0 heterocycles. The molecule has 40 heavy (non-hydrogen) atoms. The fraction of sp³-hybridized carbons (Fsp3) is 0.800. The zero-order valence-corrected chi connectivity index (χ0v) is 33.4. The van der Waals surface area contributed by atoms with Crippen LogP contribution in [0.3, 0.4) is 0 Å². The first-order valence-electron chi connectivity index (χ1n) is 16.9. The Hall–Kier alpha value is 0.216. The van der Waals surface area contributed by atoms with E-state index in [1.165, 1.54) is 74.7 Å². The van der Waals surface area contributed by atoms with Gasteiger partial charge in [0.1, 0.15) is 0 Å². The van der Waals surface area contributed by atoms with Gasteiger partial charge in [-0.3, -0.25) is 0 Å². The van der Waals surface area contributed by atoms with Crippen LogP contribution in [0.2, 0.25) is 31.4 Å². The van der Waals surface area contributed by atoms with Crippen molar-refractivity contribution in [1.82, 2.24) is 0 Å². The van der Waals surface area contributed by atoms with Crippen LogP contribution in [0.4, 0.5) is 0 Å². The quantitative estimate of drug-likeness (QED) is 0.0784. The van der Waals surface area contributed by atoms with Crippen LogP contribution in [0.25, 0.3) is 0 Å². The van der Waals surface area contributed by atoms with E-state index >= 15 is 0 Å². The number of carbonyl (C=O) groups excluding carboxylic acids is 1. The average molecular weight is 700 g/mol. The van der Waals surface area contributed by atoms with Crippen LogP contribution >= 0.6 is 11.8 Å². The molecule has 0 aromatic carbocycles. The number of hydrogen-bond donors (Lipinski definition) is 0. The van der Waals surface area contributed by atoms with Crippen molar-refractivity contribution >= 4 is 43.6 Å². The number of rotatable bonds is 23. The van der Waals surface area contributed by atoms with E-state index in [2.05, 4.69) is 94.4 Å². The van der Waals surface area contributed by atoms with Crippen LogP contribution < -0.4 is 0 Å². The fourth-order valence-electron chi connectivity index (χ4n) is 5.95. The second kappa shape index (κ2) is 22.7. The minimum absolute atomic E-state index is 0.127. The number of allylic oxidation sites excluding steroid dienone is 4. The Kier molecular flexibility index (Phi) is 22.8. The van der Waals surface area contributed by atoms with Gasteiger partial charge in [-0.15, -0.1) is 0 Å². The monoisotopic (exact) mass is 700 g/mol. The van der Waals surface area contributed by atoms with Crippen LogP contribution in [0.15, 0.2) is 33.0 Å². The van der Waals surface area contributed by atoms with Crippen molar-refractivity contribution in [1.29, 1.82) is 0 Å². The van der Waals surface area contributed by atoms with E-state index in [-0.39, 0.29) is 12.0 Å². The van der Waals surface area contributed by atoms with Gasteiger partial charge in [-0.1, -0.05) is 0 Å². The molecular formula is C35H68O2SSiSn. The van der Waals surface area contributed by atoms with Crippen molar-refractivity contribution in [3.63, 3.8) is 0 Å². The van der Waals surface area contributed by atoms with Crippen molar-refractivity contribution in [3.8, 4) is 0 Å². The molecule has 0 aliphatic rings. The van der Waals surface area contributed by atoms with Gasteiger partial charge in [0.25, 0.3) is 0 Å². The Balaban J connectivity index is 7.00. The molecule has 0 fully saturated rings. The summed E-state index contributed by atoms with van der Waals surface area (Å²) in [6.45, 7) is 25.1. The molecule has 0 rings (SSSR count). The molecule has 0 aromatic heterocycles. The summed E-state index contributed by atoms with van der Waals surface area (Å²) in [7, 11) is -1.93. The predicted octanol–water partition coefficient (Wildman–Crippen LogP) is 12.3. The summed E-state index contributed by atoms with van der Waals surface area (Å²) in [5.41, 5.74) is 2.68. The van der Waals surface area contributed by atoms with Crippen molar-refractivity contribution < 1.29 is 9.22 Å². The zero-order valence-electron chi connectivity index (χ0n) is 28.7. The third-order valence-electron chi connectivity index (χ3n) is 9.06. The van der Waals surface area contributed by atoms with Gasteiger partial charge in [0.15, 0.2) is 0 Å². The zero-order chi connectivity index (χ0) is 30.6. The second-order valence-corrected chi connectivity index (χ2v) is 32.2. The molecular weight excluding hydrogens is 631 g/mol. The van der Waals surface area contributed by atoms with Gasteiger partial charge in [0.05, 0.1) is 0 Å². The molecule has 0 radical (unpaired) electrons. The molecule has 0 aliphatic heterocycles. The molecule has 2 nitrogen and oxygen atoms in total. The molecule has 2 atom stereocenters. The second-order valence-electron chi connectivity index (χ2n) is 12.4. The Morgan fingerprint density at radius 3 is 1.70 bits per heavy atom. The molecule has 0 bridgehead atoms. The first kappa shape index (κ1) is 40.2. The van der Waals surface area contributed by atoms with Gasteiger partial charge in [0, 0.05) is 0 Å². The van der Waals surface area contributed by atoms with Gasteiger partial charge < -0.3 is 0 Å². The van der Waals surface area contributed by atoms with Crippen molar-refractivity contribution in [2.75, 3.05) is 5.75 Å². The molecule has 0 aliphatic carbocycles. The van der Waals surface area contributed by atoms with Crippen LogP contribution in [0.1, 0.15) is 128 Å². The Morgan fingerprint density at radius 1 is 0.800 bits per heavy atom. The summed E-state index contributed by atoms with van der Waals surface area (Å²) >= 11 is -1.12.